The molecule has 0 saturated heterocycles. The van der Waals surface area contributed by atoms with Crippen molar-refractivity contribution in [3.8, 4) is 0 Å². The Labute approximate surface area is 221 Å². The van der Waals surface area contributed by atoms with Gasteiger partial charge in [-0.3, -0.25) is 9.59 Å². The van der Waals surface area contributed by atoms with E-state index in [0.29, 0.717) is 6.42 Å². The molecule has 0 aromatic rings. The van der Waals surface area contributed by atoms with Gasteiger partial charge < -0.3 is 14.6 Å². The minimum Gasteiger partial charge on any atom is -0.461 e. The molecule has 0 aliphatic carbocycles. The van der Waals surface area contributed by atoms with Gasteiger partial charge in [-0.05, 0) is 121 Å². The van der Waals surface area contributed by atoms with Crippen LogP contribution in [0.2, 0.25) is 0 Å². The summed E-state index contributed by atoms with van der Waals surface area (Å²) in [6.07, 6.45) is 11.2. The molecule has 36 heavy (non-hydrogen) atoms. The Balaban J connectivity index is 4.79. The maximum absolute atomic E-state index is 12.9. The molecule has 0 heterocycles. The molecule has 208 valence electrons. The lowest BCUT2D eigenvalue weighted by molar-refractivity contribution is -0.175. The zero-order valence-corrected chi connectivity index (χ0v) is 25.3. The normalized spacial score (nSPS) is 13.9. The molecule has 0 radical (unpaired) electrons. The number of esters is 2. The number of allylic oxidation sites excluding steroid dienone is 5. The highest BCUT2D eigenvalue weighted by Gasteiger charge is 2.43. The second-order valence-corrected chi connectivity index (χ2v) is 13.1. The summed E-state index contributed by atoms with van der Waals surface area (Å²) < 4.78 is 11.3. The summed E-state index contributed by atoms with van der Waals surface area (Å²) in [6, 6.07) is 0. The predicted molar refractivity (Wildman–Crippen MR) is 150 cm³/mol. The van der Waals surface area contributed by atoms with E-state index in [1.807, 2.05) is 6.08 Å². The van der Waals surface area contributed by atoms with Crippen LogP contribution in [-0.4, -0.2) is 34.9 Å². The molecule has 0 amide bonds. The fraction of sp³-hybridized carbons (Fsp3) is 0.742. The fourth-order valence-corrected chi connectivity index (χ4v) is 4.51. The molecule has 0 rings (SSSR count). The van der Waals surface area contributed by atoms with Crippen LogP contribution in [0.25, 0.3) is 0 Å². The highest BCUT2D eigenvalue weighted by atomic mass is 16.6. The first-order valence-electron chi connectivity index (χ1n) is 13.2. The van der Waals surface area contributed by atoms with E-state index in [1.165, 1.54) is 16.7 Å². The molecular formula is C31H54O5. The van der Waals surface area contributed by atoms with Crippen LogP contribution in [0.15, 0.2) is 34.9 Å². The zero-order chi connectivity index (χ0) is 28.4. The molecule has 0 fully saturated rings. The monoisotopic (exact) mass is 506 g/mol. The number of rotatable bonds is 15. The molecule has 0 aromatic carbocycles. The van der Waals surface area contributed by atoms with Crippen LogP contribution in [-0.2, 0) is 19.1 Å². The fourth-order valence-electron chi connectivity index (χ4n) is 4.51. The van der Waals surface area contributed by atoms with Crippen LogP contribution in [0.5, 0.6) is 0 Å². The summed E-state index contributed by atoms with van der Waals surface area (Å²) in [7, 11) is 0. The molecule has 0 aliphatic rings. The molecule has 0 unspecified atom stereocenters. The van der Waals surface area contributed by atoms with Crippen molar-refractivity contribution in [2.24, 2.45) is 10.8 Å². The number of hydrogen-bond acceptors (Lipinski definition) is 5. The van der Waals surface area contributed by atoms with E-state index in [2.05, 4.69) is 39.8 Å². The minimum absolute atomic E-state index is 0.223. The molecular weight excluding hydrogens is 452 g/mol. The Morgan fingerprint density at radius 2 is 1.17 bits per heavy atom. The zero-order valence-electron chi connectivity index (χ0n) is 25.3. The van der Waals surface area contributed by atoms with Gasteiger partial charge in [0.15, 0.2) is 0 Å². The highest BCUT2D eigenvalue weighted by Crippen LogP contribution is 2.37. The Bertz CT molecular complexity index is 812. The lowest BCUT2D eigenvalue weighted by Crippen LogP contribution is -2.43. The average molecular weight is 507 g/mol. The van der Waals surface area contributed by atoms with Gasteiger partial charge in [-0.25, -0.2) is 0 Å². The Morgan fingerprint density at radius 3 is 1.67 bits per heavy atom. The van der Waals surface area contributed by atoms with Crippen LogP contribution < -0.4 is 0 Å². The van der Waals surface area contributed by atoms with Crippen LogP contribution in [0.3, 0.4) is 0 Å². The van der Waals surface area contributed by atoms with E-state index in [-0.39, 0.29) is 19.0 Å². The molecule has 0 aliphatic heterocycles. The minimum atomic E-state index is -0.955. The van der Waals surface area contributed by atoms with E-state index in [9.17, 15) is 14.7 Å². The smallest absolute Gasteiger partial charge is 0.312 e. The number of carbonyl (C=O) groups excluding carboxylic acids is 2. The topological polar surface area (TPSA) is 72.8 Å². The van der Waals surface area contributed by atoms with Crippen molar-refractivity contribution in [1.29, 1.82) is 0 Å². The second kappa shape index (κ2) is 14.2. The molecule has 1 N–H and O–H groups in total. The van der Waals surface area contributed by atoms with Crippen molar-refractivity contribution < 1.29 is 24.2 Å². The van der Waals surface area contributed by atoms with Gasteiger partial charge in [0, 0.05) is 6.42 Å². The van der Waals surface area contributed by atoms with E-state index in [1.54, 1.807) is 55.4 Å². The van der Waals surface area contributed by atoms with Gasteiger partial charge in [0.05, 0.1) is 16.4 Å². The molecule has 0 atom stereocenters. The number of carbonyl (C=O) groups is 2. The maximum Gasteiger partial charge on any atom is 0.312 e. The predicted octanol–water partition coefficient (Wildman–Crippen LogP) is 7.87. The summed E-state index contributed by atoms with van der Waals surface area (Å²) in [5.74, 6) is -0.726. The van der Waals surface area contributed by atoms with Crippen LogP contribution in [0.1, 0.15) is 122 Å². The van der Waals surface area contributed by atoms with Gasteiger partial charge in [-0.15, -0.1) is 0 Å². The average Bonchev–Trinajstić information content (AvgIpc) is 2.64. The van der Waals surface area contributed by atoms with Crippen molar-refractivity contribution in [1.82, 2.24) is 0 Å². The van der Waals surface area contributed by atoms with Gasteiger partial charge >= 0.3 is 11.9 Å². The number of hydrogen-bond donors (Lipinski definition) is 1. The number of aliphatic hydroxyl groups is 1. The Kier molecular flexibility index (Phi) is 13.4. The molecule has 0 bridgehead atoms. The van der Waals surface area contributed by atoms with E-state index >= 15 is 0 Å². The first kappa shape index (κ1) is 34.1. The SMILES string of the molecule is CC(C)=CCC/C(C)=C/CC/C(C)=C/COC(=O)C(C)(C)CC(C)(C)C(=O)OC(C)(C)CC(C)(C)O. The Morgan fingerprint density at radius 1 is 0.694 bits per heavy atom. The van der Waals surface area contributed by atoms with Crippen LogP contribution in [0.4, 0.5) is 0 Å². The van der Waals surface area contributed by atoms with Crippen LogP contribution >= 0.6 is 0 Å². The number of ether oxygens (including phenoxy) is 2. The van der Waals surface area contributed by atoms with Crippen molar-refractivity contribution in [2.75, 3.05) is 6.61 Å². The third-order valence-corrected chi connectivity index (χ3v) is 5.99. The molecule has 0 aromatic heterocycles. The van der Waals surface area contributed by atoms with Gasteiger partial charge in [-0.1, -0.05) is 28.9 Å². The first-order chi connectivity index (χ1) is 16.2. The summed E-state index contributed by atoms with van der Waals surface area (Å²) in [4.78, 5) is 25.8. The molecule has 5 nitrogen and oxygen atoms in total. The highest BCUT2D eigenvalue weighted by molar-refractivity contribution is 5.80. The summed E-state index contributed by atoms with van der Waals surface area (Å²) >= 11 is 0. The van der Waals surface area contributed by atoms with Crippen molar-refractivity contribution in [2.45, 2.75) is 133 Å². The molecule has 5 heteroatoms. The van der Waals surface area contributed by atoms with Gasteiger partial charge in [0.1, 0.15) is 12.2 Å². The lowest BCUT2D eigenvalue weighted by atomic mass is 9.75. The quantitative estimate of drug-likeness (QED) is 0.181. The van der Waals surface area contributed by atoms with Gasteiger partial charge in [0.25, 0.3) is 0 Å². The van der Waals surface area contributed by atoms with Crippen molar-refractivity contribution in [3.05, 3.63) is 34.9 Å². The van der Waals surface area contributed by atoms with E-state index in [0.717, 1.165) is 25.7 Å². The lowest BCUT2D eigenvalue weighted by Gasteiger charge is -2.36. The van der Waals surface area contributed by atoms with Crippen LogP contribution in [0, 0.1) is 10.8 Å². The van der Waals surface area contributed by atoms with E-state index in [4.69, 9.17) is 9.47 Å². The first-order valence-corrected chi connectivity index (χ1v) is 13.2. The summed E-state index contributed by atoms with van der Waals surface area (Å²) in [5, 5.41) is 10.1. The third kappa shape index (κ3) is 15.3. The summed E-state index contributed by atoms with van der Waals surface area (Å²) in [6.45, 7) is 22.8. The second-order valence-electron chi connectivity index (χ2n) is 13.1. The third-order valence-electron chi connectivity index (χ3n) is 5.99. The molecule has 0 saturated carbocycles. The summed E-state index contributed by atoms with van der Waals surface area (Å²) in [5.41, 5.74) is 0.428. The van der Waals surface area contributed by atoms with Crippen molar-refractivity contribution in [3.63, 3.8) is 0 Å². The maximum atomic E-state index is 12.9. The van der Waals surface area contributed by atoms with Crippen molar-refractivity contribution >= 4 is 11.9 Å². The standard InChI is InChI=1S/C31H54O5/c1-23(2)15-13-16-24(3)17-14-18-25(4)19-20-35-26(32)28(5,6)21-29(7,8)27(33)36-31(11,12)22-30(9,10)34/h15,17,19,34H,13-14,16,18,20-22H2,1-12H3/b24-17+,25-19+. The molecule has 0 spiro atoms. The van der Waals surface area contributed by atoms with Gasteiger partial charge in [0.2, 0.25) is 0 Å². The Hall–Kier alpha value is -1.88. The largest absolute Gasteiger partial charge is 0.461 e. The van der Waals surface area contributed by atoms with Gasteiger partial charge in [-0.2, -0.15) is 0 Å². The van der Waals surface area contributed by atoms with E-state index < -0.39 is 28.0 Å².